The average molecular weight is 311 g/mol. The zero-order valence-electron chi connectivity index (χ0n) is 12.1. The van der Waals surface area contributed by atoms with Gasteiger partial charge >= 0.3 is 0 Å². The van der Waals surface area contributed by atoms with Crippen LogP contribution in [0.1, 0.15) is 25.7 Å². The highest BCUT2D eigenvalue weighted by Crippen LogP contribution is 2.19. The molecule has 1 fully saturated rings. The summed E-state index contributed by atoms with van der Waals surface area (Å²) in [6, 6.07) is 3.60. The SMILES string of the molecule is NC(=O)CCC(=O)N1CCC[C@@H](Nc2ccc(F)c(F)c2)C1. The number of rotatable bonds is 5. The van der Waals surface area contributed by atoms with Crippen LogP contribution in [0.15, 0.2) is 18.2 Å². The van der Waals surface area contributed by atoms with Gasteiger partial charge in [-0.15, -0.1) is 0 Å². The number of nitrogens with one attached hydrogen (secondary N) is 1. The molecule has 0 unspecified atom stereocenters. The Morgan fingerprint density at radius 3 is 2.73 bits per heavy atom. The number of hydrogen-bond donors (Lipinski definition) is 2. The van der Waals surface area contributed by atoms with E-state index >= 15 is 0 Å². The minimum Gasteiger partial charge on any atom is -0.380 e. The number of hydrogen-bond acceptors (Lipinski definition) is 3. The second kappa shape index (κ2) is 7.20. The Labute approximate surface area is 127 Å². The van der Waals surface area contributed by atoms with Crippen LogP contribution >= 0.6 is 0 Å². The summed E-state index contributed by atoms with van der Waals surface area (Å²) in [4.78, 5) is 24.4. The fourth-order valence-electron chi connectivity index (χ4n) is 2.53. The van der Waals surface area contributed by atoms with E-state index in [1.54, 1.807) is 4.90 Å². The number of likely N-dealkylation sites (tertiary alicyclic amines) is 1. The van der Waals surface area contributed by atoms with Crippen molar-refractivity contribution >= 4 is 17.5 Å². The molecule has 0 aromatic heterocycles. The van der Waals surface area contributed by atoms with E-state index < -0.39 is 17.5 Å². The maximum Gasteiger partial charge on any atom is 0.223 e. The van der Waals surface area contributed by atoms with Crippen LogP contribution < -0.4 is 11.1 Å². The van der Waals surface area contributed by atoms with Crippen molar-refractivity contribution in [3.8, 4) is 0 Å². The lowest BCUT2D eigenvalue weighted by Crippen LogP contribution is -2.45. The molecule has 1 aromatic carbocycles. The number of carbonyl (C=O) groups is 2. The molecule has 1 aliphatic rings. The van der Waals surface area contributed by atoms with Crippen molar-refractivity contribution in [1.29, 1.82) is 0 Å². The first-order valence-electron chi connectivity index (χ1n) is 7.23. The lowest BCUT2D eigenvalue weighted by atomic mass is 10.0. The van der Waals surface area contributed by atoms with Gasteiger partial charge in [0.05, 0.1) is 0 Å². The molecule has 1 aliphatic heterocycles. The molecule has 1 saturated heterocycles. The molecule has 7 heteroatoms. The maximum atomic E-state index is 13.2. The van der Waals surface area contributed by atoms with E-state index in [0.717, 1.165) is 25.0 Å². The quantitative estimate of drug-likeness (QED) is 0.868. The van der Waals surface area contributed by atoms with Crippen molar-refractivity contribution < 1.29 is 18.4 Å². The molecule has 2 rings (SSSR count). The largest absolute Gasteiger partial charge is 0.380 e. The first-order chi connectivity index (χ1) is 10.5. The second-order valence-corrected chi connectivity index (χ2v) is 5.42. The van der Waals surface area contributed by atoms with Gasteiger partial charge in [0.25, 0.3) is 0 Å². The van der Waals surface area contributed by atoms with Crippen molar-refractivity contribution in [1.82, 2.24) is 4.90 Å². The third-order valence-electron chi connectivity index (χ3n) is 3.65. The van der Waals surface area contributed by atoms with Gasteiger partial charge in [0.2, 0.25) is 11.8 Å². The third kappa shape index (κ3) is 4.41. The maximum absolute atomic E-state index is 13.2. The molecule has 0 radical (unpaired) electrons. The van der Waals surface area contributed by atoms with Crippen LogP contribution in [-0.4, -0.2) is 35.8 Å². The van der Waals surface area contributed by atoms with E-state index in [9.17, 15) is 18.4 Å². The standard InChI is InChI=1S/C15H19F2N3O2/c16-12-4-3-10(8-13(12)17)19-11-2-1-7-20(9-11)15(22)6-5-14(18)21/h3-4,8,11,19H,1-2,5-7,9H2,(H2,18,21)/t11-/m1/s1. The monoisotopic (exact) mass is 311 g/mol. The minimum atomic E-state index is -0.907. The van der Waals surface area contributed by atoms with E-state index in [4.69, 9.17) is 5.73 Å². The molecule has 0 saturated carbocycles. The van der Waals surface area contributed by atoms with E-state index in [2.05, 4.69) is 5.32 Å². The molecular formula is C15H19F2N3O2. The van der Waals surface area contributed by atoms with Gasteiger partial charge in [0.15, 0.2) is 11.6 Å². The van der Waals surface area contributed by atoms with Gasteiger partial charge in [-0.1, -0.05) is 0 Å². The number of nitrogens with zero attached hydrogens (tertiary/aromatic N) is 1. The zero-order valence-corrected chi connectivity index (χ0v) is 12.1. The van der Waals surface area contributed by atoms with Crippen LogP contribution in [0, 0.1) is 11.6 Å². The Balaban J connectivity index is 1.91. The number of piperidine rings is 1. The molecule has 1 aromatic rings. The molecule has 2 amide bonds. The van der Waals surface area contributed by atoms with Gasteiger partial charge in [-0.05, 0) is 25.0 Å². The summed E-state index contributed by atoms with van der Waals surface area (Å²) >= 11 is 0. The number of carbonyl (C=O) groups excluding carboxylic acids is 2. The number of nitrogens with two attached hydrogens (primary N) is 1. The van der Waals surface area contributed by atoms with E-state index in [1.165, 1.54) is 6.07 Å². The molecule has 22 heavy (non-hydrogen) atoms. The van der Waals surface area contributed by atoms with Crippen molar-refractivity contribution in [3.63, 3.8) is 0 Å². The molecule has 0 spiro atoms. The summed E-state index contributed by atoms with van der Waals surface area (Å²) in [5.74, 6) is -2.41. The first kappa shape index (κ1) is 16.2. The summed E-state index contributed by atoms with van der Waals surface area (Å²) in [6.07, 6.45) is 1.78. The van der Waals surface area contributed by atoms with Gasteiger partial charge in [-0.2, -0.15) is 0 Å². The molecule has 1 heterocycles. The van der Waals surface area contributed by atoms with Gasteiger partial charge in [0.1, 0.15) is 0 Å². The summed E-state index contributed by atoms with van der Waals surface area (Å²) in [6.45, 7) is 1.10. The molecule has 0 bridgehead atoms. The van der Waals surface area contributed by atoms with Gasteiger partial charge in [0, 0.05) is 43.7 Å². The fourth-order valence-corrected chi connectivity index (χ4v) is 2.53. The van der Waals surface area contributed by atoms with Crippen LogP contribution in [0.25, 0.3) is 0 Å². The smallest absolute Gasteiger partial charge is 0.223 e. The lowest BCUT2D eigenvalue weighted by molar-refractivity contribution is -0.134. The predicted molar refractivity (Wildman–Crippen MR) is 78.0 cm³/mol. The number of anilines is 1. The molecule has 5 nitrogen and oxygen atoms in total. The minimum absolute atomic E-state index is 0.0314. The number of halogens is 2. The lowest BCUT2D eigenvalue weighted by Gasteiger charge is -2.33. The highest BCUT2D eigenvalue weighted by Gasteiger charge is 2.23. The van der Waals surface area contributed by atoms with Crippen LogP contribution in [0.3, 0.4) is 0 Å². The number of primary amides is 1. The van der Waals surface area contributed by atoms with Crippen LogP contribution in [-0.2, 0) is 9.59 Å². The van der Waals surface area contributed by atoms with E-state index in [0.29, 0.717) is 18.8 Å². The average Bonchev–Trinajstić information content (AvgIpc) is 2.49. The van der Waals surface area contributed by atoms with Crippen molar-refractivity contribution in [2.24, 2.45) is 5.73 Å². The van der Waals surface area contributed by atoms with Crippen LogP contribution in [0.2, 0.25) is 0 Å². The predicted octanol–water partition coefficient (Wildman–Crippen LogP) is 1.63. The van der Waals surface area contributed by atoms with E-state index in [1.807, 2.05) is 0 Å². The molecule has 0 aliphatic carbocycles. The topological polar surface area (TPSA) is 75.4 Å². The van der Waals surface area contributed by atoms with Crippen molar-refractivity contribution in [2.45, 2.75) is 31.7 Å². The third-order valence-corrected chi connectivity index (χ3v) is 3.65. The Morgan fingerprint density at radius 2 is 2.05 bits per heavy atom. The highest BCUT2D eigenvalue weighted by molar-refractivity contribution is 5.83. The summed E-state index contributed by atoms with van der Waals surface area (Å²) < 4.78 is 26.1. The normalized spacial score (nSPS) is 18.1. The second-order valence-electron chi connectivity index (χ2n) is 5.42. The number of amides is 2. The zero-order chi connectivity index (χ0) is 16.1. The molecule has 3 N–H and O–H groups in total. The van der Waals surface area contributed by atoms with Crippen molar-refractivity contribution in [2.75, 3.05) is 18.4 Å². The van der Waals surface area contributed by atoms with Crippen LogP contribution in [0.5, 0.6) is 0 Å². The Morgan fingerprint density at radius 1 is 1.27 bits per heavy atom. The fraction of sp³-hybridized carbons (Fsp3) is 0.467. The summed E-state index contributed by atoms with van der Waals surface area (Å²) in [7, 11) is 0. The Hall–Kier alpha value is -2.18. The molecular weight excluding hydrogens is 292 g/mol. The summed E-state index contributed by atoms with van der Waals surface area (Å²) in [5, 5.41) is 3.11. The van der Waals surface area contributed by atoms with Gasteiger partial charge < -0.3 is 16.0 Å². The van der Waals surface area contributed by atoms with Gasteiger partial charge in [-0.25, -0.2) is 8.78 Å². The Bertz CT molecular complexity index is 566. The van der Waals surface area contributed by atoms with Gasteiger partial charge in [-0.3, -0.25) is 9.59 Å². The van der Waals surface area contributed by atoms with Crippen LogP contribution in [0.4, 0.5) is 14.5 Å². The van der Waals surface area contributed by atoms with E-state index in [-0.39, 0.29) is 24.8 Å². The highest BCUT2D eigenvalue weighted by atomic mass is 19.2. The summed E-state index contributed by atoms with van der Waals surface area (Å²) in [5.41, 5.74) is 5.52. The number of benzene rings is 1. The molecule has 1 atom stereocenters. The Kier molecular flexibility index (Phi) is 5.30. The first-order valence-corrected chi connectivity index (χ1v) is 7.23. The molecule has 120 valence electrons. The van der Waals surface area contributed by atoms with Crippen molar-refractivity contribution in [3.05, 3.63) is 29.8 Å².